The smallest absolute Gasteiger partial charge is 0.343 e. The van der Waals surface area contributed by atoms with Crippen LogP contribution in [0.1, 0.15) is 12.5 Å². The largest absolute Gasteiger partial charge is 0.506 e. The van der Waals surface area contributed by atoms with Gasteiger partial charge in [-0.05, 0) is 25.1 Å². The summed E-state index contributed by atoms with van der Waals surface area (Å²) in [6, 6.07) is 3.45. The van der Waals surface area contributed by atoms with E-state index >= 15 is 0 Å². The number of halogens is 2. The molecular weight excluding hydrogens is 273 g/mol. The second-order valence-electron chi connectivity index (χ2n) is 3.65. The lowest BCUT2D eigenvalue weighted by Gasteiger charge is -2.10. The van der Waals surface area contributed by atoms with Crippen LogP contribution < -0.4 is 0 Å². The Bertz CT molecular complexity index is 567. The minimum atomic E-state index is -0.749. The zero-order valence-corrected chi connectivity index (χ0v) is 11.5. The van der Waals surface area contributed by atoms with Crippen LogP contribution >= 0.6 is 11.6 Å². The van der Waals surface area contributed by atoms with E-state index in [1.807, 2.05) is 0 Å². The zero-order valence-electron chi connectivity index (χ0n) is 10.7. The first-order chi connectivity index (χ1) is 8.92. The molecule has 0 aliphatic heterocycles. The lowest BCUT2D eigenvalue weighted by molar-refractivity contribution is -0.135. The van der Waals surface area contributed by atoms with Crippen molar-refractivity contribution < 1.29 is 19.0 Å². The molecule has 0 saturated heterocycles. The van der Waals surface area contributed by atoms with Gasteiger partial charge in [-0.25, -0.2) is 9.18 Å². The van der Waals surface area contributed by atoms with Crippen LogP contribution in [0.5, 0.6) is 0 Å². The van der Waals surface area contributed by atoms with Crippen LogP contribution in [-0.2, 0) is 9.53 Å². The van der Waals surface area contributed by atoms with Crippen LogP contribution in [0.25, 0.3) is 5.76 Å². The van der Waals surface area contributed by atoms with Crippen LogP contribution in [-0.4, -0.2) is 30.9 Å². The summed E-state index contributed by atoms with van der Waals surface area (Å²) in [6.45, 7) is 1.54. The molecular formula is C13H13ClFNO3. The third-order valence-electron chi connectivity index (χ3n) is 2.51. The predicted octanol–water partition coefficient (Wildman–Crippen LogP) is 3.01. The number of hydrogen-bond donors (Lipinski definition) is 1. The van der Waals surface area contributed by atoms with Gasteiger partial charge in [0.05, 0.1) is 12.1 Å². The van der Waals surface area contributed by atoms with Gasteiger partial charge in [-0.3, -0.25) is 4.99 Å². The van der Waals surface area contributed by atoms with E-state index in [1.165, 1.54) is 20.2 Å². The lowest BCUT2D eigenvalue weighted by Crippen LogP contribution is -2.14. The number of nitrogens with zero attached hydrogens (tertiary/aromatic N) is 1. The van der Waals surface area contributed by atoms with Crippen molar-refractivity contribution in [1.82, 2.24) is 0 Å². The average molecular weight is 286 g/mol. The number of hydrogen-bond acceptors (Lipinski definition) is 4. The summed E-state index contributed by atoms with van der Waals surface area (Å²) in [4.78, 5) is 15.5. The van der Waals surface area contributed by atoms with E-state index in [4.69, 9.17) is 11.6 Å². The average Bonchev–Trinajstić information content (AvgIpc) is 2.38. The van der Waals surface area contributed by atoms with Crippen LogP contribution in [0.3, 0.4) is 0 Å². The van der Waals surface area contributed by atoms with Crippen LogP contribution in [0.15, 0.2) is 28.8 Å². The van der Waals surface area contributed by atoms with Gasteiger partial charge in [0.2, 0.25) is 0 Å². The SMILES string of the molecule is CN=C(C)C(C(=O)OC)=C(O)c1ccc(F)cc1Cl. The maximum atomic E-state index is 13.0. The van der Waals surface area contributed by atoms with Crippen molar-refractivity contribution in [2.45, 2.75) is 6.92 Å². The van der Waals surface area contributed by atoms with Gasteiger partial charge >= 0.3 is 5.97 Å². The number of carbonyl (C=O) groups is 1. The minimum absolute atomic E-state index is 0.0113. The van der Waals surface area contributed by atoms with Crippen LogP contribution in [0.4, 0.5) is 4.39 Å². The maximum Gasteiger partial charge on any atom is 0.343 e. The van der Waals surface area contributed by atoms with E-state index in [1.54, 1.807) is 6.92 Å². The highest BCUT2D eigenvalue weighted by Crippen LogP contribution is 2.26. The van der Waals surface area contributed by atoms with Gasteiger partial charge < -0.3 is 9.84 Å². The molecule has 1 aromatic rings. The van der Waals surface area contributed by atoms with Crippen LogP contribution in [0, 0.1) is 5.82 Å². The summed E-state index contributed by atoms with van der Waals surface area (Å²) >= 11 is 5.84. The summed E-state index contributed by atoms with van der Waals surface area (Å²) < 4.78 is 17.6. The highest BCUT2D eigenvalue weighted by molar-refractivity contribution is 6.33. The fraction of sp³-hybridized carbons (Fsp3) is 0.231. The molecule has 6 heteroatoms. The second kappa shape index (κ2) is 6.33. The molecule has 19 heavy (non-hydrogen) atoms. The quantitative estimate of drug-likeness (QED) is 0.402. The Hall–Kier alpha value is -1.88. The molecule has 102 valence electrons. The van der Waals surface area contributed by atoms with Gasteiger partial charge in [-0.2, -0.15) is 0 Å². The highest BCUT2D eigenvalue weighted by Gasteiger charge is 2.21. The van der Waals surface area contributed by atoms with Crippen molar-refractivity contribution in [2.75, 3.05) is 14.2 Å². The van der Waals surface area contributed by atoms with Gasteiger partial charge in [0.15, 0.2) is 0 Å². The third-order valence-corrected chi connectivity index (χ3v) is 2.82. The molecule has 0 aliphatic rings. The monoisotopic (exact) mass is 285 g/mol. The van der Waals surface area contributed by atoms with Crippen molar-refractivity contribution in [2.24, 2.45) is 4.99 Å². The first-order valence-corrected chi connectivity index (χ1v) is 5.70. The first-order valence-electron chi connectivity index (χ1n) is 5.33. The van der Waals surface area contributed by atoms with Gasteiger partial charge in [0.1, 0.15) is 17.1 Å². The van der Waals surface area contributed by atoms with Crippen molar-refractivity contribution >= 4 is 29.0 Å². The summed E-state index contributed by atoms with van der Waals surface area (Å²) in [5.74, 6) is -1.69. The van der Waals surface area contributed by atoms with E-state index in [2.05, 4.69) is 9.73 Å². The second-order valence-corrected chi connectivity index (χ2v) is 4.06. The number of aliphatic imine (C=N–C) groups is 1. The first kappa shape index (κ1) is 15.2. The molecule has 1 rings (SSSR count). The number of methoxy groups -OCH3 is 1. The molecule has 0 heterocycles. The molecule has 0 unspecified atom stereocenters. The molecule has 0 bridgehead atoms. The number of aliphatic hydroxyl groups is 1. The van der Waals surface area contributed by atoms with Gasteiger partial charge in [-0.15, -0.1) is 0 Å². The molecule has 0 atom stereocenters. The Kier molecular flexibility index (Phi) is 5.06. The lowest BCUT2D eigenvalue weighted by atomic mass is 10.0. The maximum absolute atomic E-state index is 13.0. The normalized spacial score (nSPS) is 13.0. The van der Waals surface area contributed by atoms with Crippen LogP contribution in [0.2, 0.25) is 5.02 Å². The molecule has 1 aromatic carbocycles. The third kappa shape index (κ3) is 3.32. The van der Waals surface area contributed by atoms with E-state index in [-0.39, 0.29) is 21.9 Å². The van der Waals surface area contributed by atoms with E-state index in [0.717, 1.165) is 12.1 Å². The van der Waals surface area contributed by atoms with Gasteiger partial charge in [0, 0.05) is 18.3 Å². The summed E-state index contributed by atoms with van der Waals surface area (Å²) in [7, 11) is 2.66. The summed E-state index contributed by atoms with van der Waals surface area (Å²) in [6.07, 6.45) is 0. The molecule has 0 fully saturated rings. The fourth-order valence-electron chi connectivity index (χ4n) is 1.45. The minimum Gasteiger partial charge on any atom is -0.506 e. The number of rotatable bonds is 3. The molecule has 0 saturated carbocycles. The predicted molar refractivity (Wildman–Crippen MR) is 72.0 cm³/mol. The van der Waals surface area contributed by atoms with Crippen molar-refractivity contribution in [3.63, 3.8) is 0 Å². The molecule has 1 N–H and O–H groups in total. The van der Waals surface area contributed by atoms with Crippen molar-refractivity contribution in [3.8, 4) is 0 Å². The number of benzene rings is 1. The standard InChI is InChI=1S/C13H13ClFNO3/c1-7(16-2)11(13(18)19-3)12(17)9-5-4-8(15)6-10(9)14/h4-6,17H,1-3H3. The van der Waals surface area contributed by atoms with E-state index in [0.29, 0.717) is 0 Å². The van der Waals surface area contributed by atoms with Gasteiger partial charge in [-0.1, -0.05) is 11.6 Å². The Balaban J connectivity index is 3.49. The molecule has 0 spiro atoms. The molecule has 0 aliphatic carbocycles. The zero-order chi connectivity index (χ0) is 14.6. The topological polar surface area (TPSA) is 58.9 Å². The number of esters is 1. The summed E-state index contributed by atoms with van der Waals surface area (Å²) in [5, 5.41) is 10.1. The molecule has 0 amide bonds. The Morgan fingerprint density at radius 1 is 1.47 bits per heavy atom. The van der Waals surface area contributed by atoms with Gasteiger partial charge in [0.25, 0.3) is 0 Å². The number of ether oxygens (including phenoxy) is 1. The number of carbonyl (C=O) groups excluding carboxylic acids is 1. The Labute approximate surface area is 115 Å². The molecule has 0 aromatic heterocycles. The molecule has 4 nitrogen and oxygen atoms in total. The number of aliphatic hydroxyl groups excluding tert-OH is 1. The van der Waals surface area contributed by atoms with E-state index in [9.17, 15) is 14.3 Å². The van der Waals surface area contributed by atoms with Crippen molar-refractivity contribution in [1.29, 1.82) is 0 Å². The Morgan fingerprint density at radius 2 is 2.11 bits per heavy atom. The van der Waals surface area contributed by atoms with Crippen molar-refractivity contribution in [3.05, 3.63) is 40.2 Å². The Morgan fingerprint density at radius 3 is 2.58 bits per heavy atom. The van der Waals surface area contributed by atoms with E-state index < -0.39 is 17.5 Å². The fourth-order valence-corrected chi connectivity index (χ4v) is 1.70. The summed E-state index contributed by atoms with van der Waals surface area (Å²) in [5.41, 5.74) is 0.301. The molecule has 0 radical (unpaired) electrons. The highest BCUT2D eigenvalue weighted by atomic mass is 35.5.